The topological polar surface area (TPSA) is 17.8 Å². The van der Waals surface area contributed by atoms with Crippen LogP contribution in [-0.2, 0) is 0 Å². The first-order valence-electron chi connectivity index (χ1n) is 18.2. The van der Waals surface area contributed by atoms with E-state index in [0.29, 0.717) is 0 Å². The molecule has 0 aliphatic heterocycles. The van der Waals surface area contributed by atoms with Crippen LogP contribution in [0.2, 0.25) is 0 Å². The van der Waals surface area contributed by atoms with Crippen LogP contribution < -0.4 is 0 Å². The molecule has 246 valence electrons. The molecule has 0 unspecified atom stereocenters. The highest BCUT2D eigenvalue weighted by atomic mass is 15.1. The molecule has 0 N–H and O–H groups in total. The van der Waals surface area contributed by atoms with E-state index in [1.165, 1.54) is 76.1 Å². The van der Waals surface area contributed by atoms with E-state index in [1.54, 1.807) is 0 Å². The van der Waals surface area contributed by atoms with E-state index in [1.807, 2.05) is 0 Å². The van der Waals surface area contributed by atoms with Crippen molar-refractivity contribution in [3.63, 3.8) is 0 Å². The normalized spacial score (nSPS) is 11.8. The number of aromatic nitrogens is 2. The molecular weight excluding hydrogens is 641 g/mol. The fraction of sp³-hybridized carbons (Fsp3) is 0. The van der Waals surface area contributed by atoms with Crippen LogP contribution in [-0.4, -0.2) is 9.55 Å². The second-order valence-corrected chi connectivity index (χ2v) is 13.9. The molecule has 11 rings (SSSR count). The zero-order chi connectivity index (χ0) is 34.9. The molecule has 0 amide bonds. The quantitative estimate of drug-likeness (QED) is 0.134. The molecule has 53 heavy (non-hydrogen) atoms. The van der Waals surface area contributed by atoms with Crippen LogP contribution in [0.15, 0.2) is 194 Å². The minimum absolute atomic E-state index is 0.941. The molecule has 0 spiro atoms. The van der Waals surface area contributed by atoms with Crippen molar-refractivity contribution in [2.45, 2.75) is 0 Å². The summed E-state index contributed by atoms with van der Waals surface area (Å²) in [6.07, 6.45) is 0. The first-order chi connectivity index (χ1) is 26.3. The van der Waals surface area contributed by atoms with Crippen LogP contribution in [0.1, 0.15) is 0 Å². The van der Waals surface area contributed by atoms with Crippen LogP contribution in [0.4, 0.5) is 0 Å². The molecule has 0 aliphatic rings. The van der Waals surface area contributed by atoms with Crippen LogP contribution in [0.5, 0.6) is 0 Å². The van der Waals surface area contributed by atoms with Gasteiger partial charge in [-0.25, -0.2) is 4.98 Å². The van der Waals surface area contributed by atoms with Gasteiger partial charge in [-0.2, -0.15) is 0 Å². The van der Waals surface area contributed by atoms with E-state index in [4.69, 9.17) is 4.98 Å². The van der Waals surface area contributed by atoms with Gasteiger partial charge >= 0.3 is 0 Å². The van der Waals surface area contributed by atoms with Gasteiger partial charge in [0.1, 0.15) is 5.82 Å². The van der Waals surface area contributed by atoms with Gasteiger partial charge in [0.2, 0.25) is 0 Å². The van der Waals surface area contributed by atoms with Crippen LogP contribution in [0.25, 0.3) is 104 Å². The Labute approximate surface area is 306 Å². The van der Waals surface area contributed by atoms with Crippen molar-refractivity contribution >= 4 is 64.9 Å². The van der Waals surface area contributed by atoms with Crippen molar-refractivity contribution in [3.8, 4) is 39.3 Å². The zero-order valence-electron chi connectivity index (χ0n) is 28.9. The van der Waals surface area contributed by atoms with Gasteiger partial charge in [0.25, 0.3) is 0 Å². The Hall–Kier alpha value is -7.03. The maximum Gasteiger partial charge on any atom is 0.145 e. The highest BCUT2D eigenvalue weighted by Crippen LogP contribution is 2.45. The number of hydrogen-bond acceptors (Lipinski definition) is 1. The summed E-state index contributed by atoms with van der Waals surface area (Å²) in [6, 6.07) is 70.5. The number of nitrogens with zero attached hydrogens (tertiary/aromatic N) is 2. The summed E-state index contributed by atoms with van der Waals surface area (Å²) >= 11 is 0. The minimum atomic E-state index is 0.941. The monoisotopic (exact) mass is 672 g/mol. The summed E-state index contributed by atoms with van der Waals surface area (Å²) in [5, 5.41) is 12.7. The van der Waals surface area contributed by atoms with E-state index < -0.39 is 0 Å². The summed E-state index contributed by atoms with van der Waals surface area (Å²) in [5.74, 6) is 0.941. The number of fused-ring (bicyclic) bond motifs is 8. The maximum absolute atomic E-state index is 5.07. The van der Waals surface area contributed by atoms with Crippen LogP contribution >= 0.6 is 0 Å². The second kappa shape index (κ2) is 11.8. The molecule has 0 saturated carbocycles. The molecule has 2 heteroatoms. The number of para-hydroxylation sites is 2. The van der Waals surface area contributed by atoms with Crippen LogP contribution in [0, 0.1) is 0 Å². The molecule has 0 fully saturated rings. The van der Waals surface area contributed by atoms with E-state index in [-0.39, 0.29) is 0 Å². The van der Waals surface area contributed by atoms with E-state index in [2.05, 4.69) is 199 Å². The van der Waals surface area contributed by atoms with Gasteiger partial charge in [-0.15, -0.1) is 0 Å². The van der Waals surface area contributed by atoms with Crippen molar-refractivity contribution < 1.29 is 0 Å². The van der Waals surface area contributed by atoms with Gasteiger partial charge in [0.15, 0.2) is 0 Å². The molecule has 0 atom stereocenters. The number of imidazole rings is 1. The Morgan fingerprint density at radius 1 is 0.340 bits per heavy atom. The third-order valence-electron chi connectivity index (χ3n) is 11.0. The van der Waals surface area contributed by atoms with E-state index >= 15 is 0 Å². The zero-order valence-corrected chi connectivity index (χ0v) is 28.9. The van der Waals surface area contributed by atoms with Gasteiger partial charge in [0, 0.05) is 11.3 Å². The Bertz CT molecular complexity index is 3150. The maximum atomic E-state index is 5.07. The Morgan fingerprint density at radius 2 is 0.849 bits per heavy atom. The molecular formula is C51H32N2. The van der Waals surface area contributed by atoms with Gasteiger partial charge in [-0.3, -0.25) is 4.57 Å². The van der Waals surface area contributed by atoms with E-state index in [9.17, 15) is 0 Å². The average molecular weight is 673 g/mol. The second-order valence-electron chi connectivity index (χ2n) is 13.9. The molecule has 0 aliphatic carbocycles. The first-order valence-corrected chi connectivity index (χ1v) is 18.2. The molecule has 10 aromatic carbocycles. The lowest BCUT2D eigenvalue weighted by molar-refractivity contribution is 1.10. The third kappa shape index (κ3) is 4.63. The standard InChI is InChI=1S/C51H32N2/c1-2-13-37(14-3-1)51-52-46-20-10-11-21-47(46)53(51)39-30-28-36(29-31-39)49-41-16-6-8-18-43(41)50(44-19-9-7-17-42(44)49)38-27-24-34-23-26-35-25-22-33-12-4-5-15-40(33)48(35)45(34)32-38/h1-32H. The average Bonchev–Trinajstić information content (AvgIpc) is 3.62. The molecule has 1 heterocycles. The first kappa shape index (κ1) is 29.7. The van der Waals surface area contributed by atoms with Crippen LogP contribution in [0.3, 0.4) is 0 Å². The summed E-state index contributed by atoms with van der Waals surface area (Å²) in [6.45, 7) is 0. The van der Waals surface area contributed by atoms with Gasteiger partial charge < -0.3 is 0 Å². The summed E-state index contributed by atoms with van der Waals surface area (Å²) in [4.78, 5) is 5.07. The highest BCUT2D eigenvalue weighted by Gasteiger charge is 2.19. The molecule has 0 radical (unpaired) electrons. The molecule has 0 bridgehead atoms. The SMILES string of the molecule is c1ccc(-c2nc3ccccc3n2-c2ccc(-c3c4ccccc4c(-c4ccc5ccc6ccc7ccccc7c6c5c4)c4ccccc34)cc2)cc1. The van der Waals surface area contributed by atoms with Gasteiger partial charge in [-0.1, -0.05) is 164 Å². The number of benzene rings is 10. The van der Waals surface area contributed by atoms with Gasteiger partial charge in [0.05, 0.1) is 11.0 Å². The van der Waals surface area contributed by atoms with E-state index in [0.717, 1.165) is 28.1 Å². The number of hydrogen-bond donors (Lipinski definition) is 0. The minimum Gasteiger partial charge on any atom is -0.292 e. The lowest BCUT2D eigenvalue weighted by Crippen LogP contribution is -1.98. The largest absolute Gasteiger partial charge is 0.292 e. The number of rotatable bonds is 4. The van der Waals surface area contributed by atoms with Crippen molar-refractivity contribution in [2.75, 3.05) is 0 Å². The molecule has 1 aromatic heterocycles. The lowest BCUT2D eigenvalue weighted by Gasteiger charge is -2.19. The predicted molar refractivity (Wildman–Crippen MR) is 225 cm³/mol. The van der Waals surface area contributed by atoms with Crippen molar-refractivity contribution in [2.24, 2.45) is 0 Å². The van der Waals surface area contributed by atoms with Crippen molar-refractivity contribution in [1.29, 1.82) is 0 Å². The Morgan fingerprint density at radius 3 is 1.55 bits per heavy atom. The predicted octanol–water partition coefficient (Wildman–Crippen LogP) is 13.8. The summed E-state index contributed by atoms with van der Waals surface area (Å²) < 4.78 is 2.28. The van der Waals surface area contributed by atoms with Crippen molar-refractivity contribution in [1.82, 2.24) is 9.55 Å². The third-order valence-corrected chi connectivity index (χ3v) is 11.0. The Kier molecular flexibility index (Phi) is 6.59. The van der Waals surface area contributed by atoms with Crippen molar-refractivity contribution in [3.05, 3.63) is 194 Å². The molecule has 11 aromatic rings. The van der Waals surface area contributed by atoms with Gasteiger partial charge in [-0.05, 0) is 106 Å². The fourth-order valence-corrected chi connectivity index (χ4v) is 8.58. The summed E-state index contributed by atoms with van der Waals surface area (Å²) in [5.41, 5.74) is 9.20. The fourth-order valence-electron chi connectivity index (χ4n) is 8.58. The summed E-state index contributed by atoms with van der Waals surface area (Å²) in [7, 11) is 0. The highest BCUT2D eigenvalue weighted by molar-refractivity contribution is 6.24. The molecule has 0 saturated heterocycles. The lowest BCUT2D eigenvalue weighted by atomic mass is 9.85. The Balaban J connectivity index is 1.13. The smallest absolute Gasteiger partial charge is 0.145 e. The molecule has 2 nitrogen and oxygen atoms in total.